The van der Waals surface area contributed by atoms with E-state index in [1.807, 2.05) is 6.07 Å². The zero-order valence-electron chi connectivity index (χ0n) is 13.7. The van der Waals surface area contributed by atoms with Gasteiger partial charge in [0.15, 0.2) is 6.10 Å². The molecule has 0 aromatic heterocycles. The fourth-order valence-electron chi connectivity index (χ4n) is 3.78. The Balaban J connectivity index is 1.80. The number of hydrogen-bond donors (Lipinski definition) is 0. The third kappa shape index (κ3) is 3.19. The van der Waals surface area contributed by atoms with E-state index in [1.165, 1.54) is 12.0 Å². The normalized spacial score (nSPS) is 31.6. The number of hydrogen-bond acceptors (Lipinski definition) is 3. The molecule has 1 aliphatic heterocycles. The smallest absolute Gasteiger partial charge is 0.337 e. The fraction of sp³-hybridized carbons (Fsp3) is 0.632. The summed E-state index contributed by atoms with van der Waals surface area (Å²) in [6.45, 7) is 7.32. The SMILES string of the molecule is CC1CCC(C(C)(C)c2ccccc2)C(OC(=O)C2CO2)C1. The largest absolute Gasteiger partial charge is 0.460 e. The van der Waals surface area contributed by atoms with Crippen LogP contribution in [0, 0.1) is 11.8 Å². The molecule has 3 nitrogen and oxygen atoms in total. The lowest BCUT2D eigenvalue weighted by atomic mass is 9.64. The van der Waals surface area contributed by atoms with Crippen LogP contribution >= 0.6 is 0 Å². The maximum atomic E-state index is 12.0. The Hall–Kier alpha value is -1.35. The summed E-state index contributed by atoms with van der Waals surface area (Å²) in [6, 6.07) is 10.6. The van der Waals surface area contributed by atoms with Gasteiger partial charge in [-0.2, -0.15) is 0 Å². The van der Waals surface area contributed by atoms with Crippen LogP contribution in [0.1, 0.15) is 45.6 Å². The van der Waals surface area contributed by atoms with E-state index >= 15 is 0 Å². The molecule has 1 aliphatic carbocycles. The van der Waals surface area contributed by atoms with Crippen LogP contribution in [0.2, 0.25) is 0 Å². The Morgan fingerprint density at radius 2 is 1.91 bits per heavy atom. The molecule has 1 saturated carbocycles. The molecule has 1 aromatic rings. The molecular formula is C19H26O3. The monoisotopic (exact) mass is 302 g/mol. The van der Waals surface area contributed by atoms with Crippen molar-refractivity contribution in [3.8, 4) is 0 Å². The van der Waals surface area contributed by atoms with Crippen molar-refractivity contribution in [3.63, 3.8) is 0 Å². The molecule has 1 aromatic carbocycles. The minimum atomic E-state index is -0.308. The van der Waals surface area contributed by atoms with Gasteiger partial charge in [0.2, 0.25) is 0 Å². The van der Waals surface area contributed by atoms with Crippen LogP contribution in [0.5, 0.6) is 0 Å². The van der Waals surface area contributed by atoms with E-state index in [0.717, 1.165) is 12.8 Å². The van der Waals surface area contributed by atoms with Crippen LogP contribution in [-0.2, 0) is 19.7 Å². The van der Waals surface area contributed by atoms with E-state index in [-0.39, 0.29) is 23.6 Å². The zero-order chi connectivity index (χ0) is 15.7. The molecule has 1 saturated heterocycles. The summed E-state index contributed by atoms with van der Waals surface area (Å²) in [5.74, 6) is 0.794. The van der Waals surface area contributed by atoms with Crippen LogP contribution in [0.15, 0.2) is 30.3 Å². The van der Waals surface area contributed by atoms with E-state index in [2.05, 4.69) is 45.0 Å². The molecule has 4 unspecified atom stereocenters. The molecule has 3 rings (SSSR count). The number of ether oxygens (including phenoxy) is 2. The van der Waals surface area contributed by atoms with E-state index in [9.17, 15) is 4.79 Å². The van der Waals surface area contributed by atoms with Crippen molar-refractivity contribution < 1.29 is 14.3 Å². The standard InChI is InChI=1S/C19H26O3/c1-13-9-10-15(16(11-13)22-18(20)17-12-21-17)19(2,3)14-7-5-4-6-8-14/h4-8,13,15-17H,9-12H2,1-3H3. The van der Waals surface area contributed by atoms with Crippen LogP contribution in [0.4, 0.5) is 0 Å². The molecular weight excluding hydrogens is 276 g/mol. The molecule has 2 fully saturated rings. The first-order valence-corrected chi connectivity index (χ1v) is 8.36. The van der Waals surface area contributed by atoms with Gasteiger partial charge >= 0.3 is 5.97 Å². The molecule has 3 heteroatoms. The van der Waals surface area contributed by atoms with Gasteiger partial charge in [-0.15, -0.1) is 0 Å². The molecule has 0 amide bonds. The average molecular weight is 302 g/mol. The van der Waals surface area contributed by atoms with E-state index in [4.69, 9.17) is 9.47 Å². The summed E-state index contributed by atoms with van der Waals surface area (Å²) in [4.78, 5) is 12.0. The third-order valence-electron chi connectivity index (χ3n) is 5.36. The number of epoxide rings is 1. The van der Waals surface area contributed by atoms with Gasteiger partial charge in [0.1, 0.15) is 6.10 Å². The lowest BCUT2D eigenvalue weighted by Gasteiger charge is -2.43. The van der Waals surface area contributed by atoms with Gasteiger partial charge in [0.25, 0.3) is 0 Å². The Bertz CT molecular complexity index is 519. The highest BCUT2D eigenvalue weighted by Crippen LogP contribution is 2.43. The van der Waals surface area contributed by atoms with E-state index in [1.54, 1.807) is 0 Å². The lowest BCUT2D eigenvalue weighted by Crippen LogP contribution is -2.44. The summed E-state index contributed by atoms with van der Waals surface area (Å²) in [6.07, 6.45) is 2.95. The summed E-state index contributed by atoms with van der Waals surface area (Å²) in [5.41, 5.74) is 1.31. The number of carbonyl (C=O) groups is 1. The van der Waals surface area contributed by atoms with Gasteiger partial charge in [0, 0.05) is 5.92 Å². The lowest BCUT2D eigenvalue weighted by molar-refractivity contribution is -0.158. The first kappa shape index (κ1) is 15.5. The maximum absolute atomic E-state index is 12.0. The van der Waals surface area contributed by atoms with Crippen molar-refractivity contribution in [1.82, 2.24) is 0 Å². The third-order valence-corrected chi connectivity index (χ3v) is 5.36. The van der Waals surface area contributed by atoms with Crippen LogP contribution in [0.3, 0.4) is 0 Å². The summed E-state index contributed by atoms with van der Waals surface area (Å²) in [7, 11) is 0. The number of esters is 1. The van der Waals surface area contributed by atoms with Gasteiger partial charge in [0.05, 0.1) is 6.61 Å². The Morgan fingerprint density at radius 1 is 1.23 bits per heavy atom. The maximum Gasteiger partial charge on any atom is 0.337 e. The first-order chi connectivity index (χ1) is 10.5. The minimum absolute atomic E-state index is 0.00322. The van der Waals surface area contributed by atoms with Gasteiger partial charge in [-0.1, -0.05) is 57.5 Å². The quantitative estimate of drug-likeness (QED) is 0.628. The Labute approximate surface area is 133 Å². The van der Waals surface area contributed by atoms with Crippen molar-refractivity contribution in [2.75, 3.05) is 6.61 Å². The van der Waals surface area contributed by atoms with Crippen molar-refractivity contribution >= 4 is 5.97 Å². The number of benzene rings is 1. The molecule has 2 aliphatic rings. The molecule has 120 valence electrons. The molecule has 4 atom stereocenters. The summed E-state index contributed by atoms with van der Waals surface area (Å²) < 4.78 is 10.9. The fourth-order valence-corrected chi connectivity index (χ4v) is 3.78. The van der Waals surface area contributed by atoms with Gasteiger partial charge in [-0.25, -0.2) is 4.79 Å². The van der Waals surface area contributed by atoms with Crippen molar-refractivity contribution in [2.45, 2.75) is 57.7 Å². The highest BCUT2D eigenvalue weighted by atomic mass is 16.6. The number of rotatable bonds is 4. The summed E-state index contributed by atoms with van der Waals surface area (Å²) >= 11 is 0. The minimum Gasteiger partial charge on any atom is -0.460 e. The average Bonchev–Trinajstić information content (AvgIpc) is 3.32. The van der Waals surface area contributed by atoms with E-state index in [0.29, 0.717) is 18.4 Å². The molecule has 1 heterocycles. The second-order valence-electron chi connectivity index (χ2n) is 7.41. The molecule has 0 spiro atoms. The van der Waals surface area contributed by atoms with Crippen molar-refractivity contribution in [3.05, 3.63) is 35.9 Å². The molecule has 22 heavy (non-hydrogen) atoms. The van der Waals surface area contributed by atoms with Gasteiger partial charge in [-0.05, 0) is 29.7 Å². The predicted molar refractivity (Wildman–Crippen MR) is 85.6 cm³/mol. The first-order valence-electron chi connectivity index (χ1n) is 8.36. The molecule has 0 N–H and O–H groups in total. The molecule has 0 bridgehead atoms. The predicted octanol–water partition coefficient (Wildman–Crippen LogP) is 3.71. The van der Waals surface area contributed by atoms with Crippen molar-refractivity contribution in [2.24, 2.45) is 11.8 Å². The Morgan fingerprint density at radius 3 is 2.55 bits per heavy atom. The van der Waals surface area contributed by atoms with Crippen LogP contribution in [-0.4, -0.2) is 24.8 Å². The Kier molecular flexibility index (Phi) is 4.26. The highest BCUT2D eigenvalue weighted by molar-refractivity contribution is 5.77. The topological polar surface area (TPSA) is 38.8 Å². The zero-order valence-corrected chi connectivity index (χ0v) is 13.7. The highest BCUT2D eigenvalue weighted by Gasteiger charge is 2.44. The summed E-state index contributed by atoms with van der Waals surface area (Å²) in [5, 5.41) is 0. The number of carbonyl (C=O) groups excluding carboxylic acids is 1. The molecule has 0 radical (unpaired) electrons. The second-order valence-corrected chi connectivity index (χ2v) is 7.41. The van der Waals surface area contributed by atoms with Crippen LogP contribution in [0.25, 0.3) is 0 Å². The second kappa shape index (κ2) is 6.04. The van der Waals surface area contributed by atoms with Crippen LogP contribution < -0.4 is 0 Å². The van der Waals surface area contributed by atoms with E-state index < -0.39 is 0 Å². The van der Waals surface area contributed by atoms with Crippen molar-refractivity contribution in [1.29, 1.82) is 0 Å². The van der Waals surface area contributed by atoms with Gasteiger partial charge in [-0.3, -0.25) is 0 Å². The van der Waals surface area contributed by atoms with Gasteiger partial charge < -0.3 is 9.47 Å².